The molecule has 1 aliphatic heterocycles. The Kier molecular flexibility index (Phi) is 8.88. The molecule has 1 fully saturated rings. The zero-order valence-corrected chi connectivity index (χ0v) is 23.9. The third-order valence-electron chi connectivity index (χ3n) is 6.21. The van der Waals surface area contributed by atoms with E-state index in [9.17, 15) is 36.2 Å². The Morgan fingerprint density at radius 1 is 1.04 bits per heavy atom. The molecule has 1 unspecified atom stereocenters. The van der Waals surface area contributed by atoms with Crippen molar-refractivity contribution in [3.8, 4) is 11.4 Å². The normalized spacial score (nSPS) is 16.5. The van der Waals surface area contributed by atoms with Gasteiger partial charge in [0, 0.05) is 11.4 Å². The van der Waals surface area contributed by atoms with Gasteiger partial charge in [-0.1, -0.05) is 36.0 Å². The fourth-order valence-corrected chi connectivity index (χ4v) is 5.17. The molecule has 1 aromatic heterocycles. The summed E-state index contributed by atoms with van der Waals surface area (Å²) in [5.41, 5.74) is 0.830. The molecule has 16 heteroatoms. The van der Waals surface area contributed by atoms with E-state index in [1.807, 2.05) is 0 Å². The van der Waals surface area contributed by atoms with E-state index in [0.29, 0.717) is 28.3 Å². The van der Waals surface area contributed by atoms with Gasteiger partial charge in [-0.15, -0.1) is 18.3 Å². The number of halogens is 6. The molecule has 45 heavy (non-hydrogen) atoms. The lowest BCUT2D eigenvalue weighted by Gasteiger charge is -2.26. The molecule has 1 aliphatic rings. The number of rotatable bonds is 6. The van der Waals surface area contributed by atoms with Crippen LogP contribution in [0.2, 0.25) is 0 Å². The maximum absolute atomic E-state index is 13.7. The highest BCUT2D eigenvalue weighted by Gasteiger charge is 2.39. The van der Waals surface area contributed by atoms with E-state index in [0.717, 1.165) is 34.9 Å². The summed E-state index contributed by atoms with van der Waals surface area (Å²) >= 11 is 0.956. The molecule has 1 atom stereocenters. The van der Waals surface area contributed by atoms with Gasteiger partial charge < -0.3 is 15.2 Å². The number of anilines is 2. The minimum absolute atomic E-state index is 0.0225. The smallest absolute Gasteiger partial charge is 0.406 e. The Balaban J connectivity index is 1.23. The van der Waals surface area contributed by atoms with Gasteiger partial charge in [-0.05, 0) is 72.7 Å². The average molecular weight is 649 g/mol. The van der Waals surface area contributed by atoms with Gasteiger partial charge >= 0.3 is 18.6 Å². The van der Waals surface area contributed by atoms with Gasteiger partial charge in [0.25, 0.3) is 0 Å². The highest BCUT2D eigenvalue weighted by Crippen LogP contribution is 2.40. The number of hydrogen-bond donors (Lipinski definition) is 2. The van der Waals surface area contributed by atoms with E-state index >= 15 is 0 Å². The van der Waals surface area contributed by atoms with Crippen molar-refractivity contribution >= 4 is 46.5 Å². The van der Waals surface area contributed by atoms with Crippen molar-refractivity contribution in [1.82, 2.24) is 14.8 Å². The second-order valence-electron chi connectivity index (χ2n) is 9.55. The first-order chi connectivity index (χ1) is 21.2. The summed E-state index contributed by atoms with van der Waals surface area (Å²) in [6.07, 6.45) is -6.09. The number of aliphatic imine (C=N–C) groups is 1. The number of alkyl halides is 6. The summed E-state index contributed by atoms with van der Waals surface area (Å²) in [7, 11) is 0. The summed E-state index contributed by atoms with van der Waals surface area (Å²) in [4.78, 5) is 21.7. The molecular weight excluding hydrogens is 626 g/mol. The molecule has 234 valence electrons. The van der Waals surface area contributed by atoms with E-state index < -0.39 is 30.4 Å². The number of aliphatic hydroxyl groups is 1. The number of aryl methyl sites for hydroxylation is 1. The quantitative estimate of drug-likeness (QED) is 0.215. The zero-order chi connectivity index (χ0) is 32.4. The summed E-state index contributed by atoms with van der Waals surface area (Å²) in [6, 6.07) is 14.3. The van der Waals surface area contributed by atoms with Crippen molar-refractivity contribution < 1.29 is 41.0 Å². The molecule has 4 aromatic rings. The Morgan fingerprint density at radius 2 is 1.76 bits per heavy atom. The molecule has 0 radical (unpaired) electrons. The third-order valence-corrected chi connectivity index (χ3v) is 7.22. The van der Waals surface area contributed by atoms with Crippen LogP contribution in [-0.2, 0) is 6.18 Å². The number of amides is 2. The van der Waals surface area contributed by atoms with E-state index in [-0.39, 0.29) is 22.4 Å². The molecule has 0 spiro atoms. The number of amidine groups is 1. The second-order valence-corrected chi connectivity index (χ2v) is 10.5. The van der Waals surface area contributed by atoms with E-state index in [1.54, 1.807) is 43.3 Å². The van der Waals surface area contributed by atoms with Crippen LogP contribution in [0.4, 0.5) is 42.5 Å². The highest BCUT2D eigenvalue weighted by molar-refractivity contribution is 8.14. The predicted molar refractivity (Wildman–Crippen MR) is 157 cm³/mol. The van der Waals surface area contributed by atoms with E-state index in [2.05, 4.69) is 25.1 Å². The van der Waals surface area contributed by atoms with Crippen LogP contribution in [-0.4, -0.2) is 49.4 Å². The number of thioether (sulfide) groups is 1. The van der Waals surface area contributed by atoms with E-state index in [1.165, 1.54) is 35.3 Å². The Morgan fingerprint density at radius 3 is 2.42 bits per heavy atom. The fourth-order valence-electron chi connectivity index (χ4n) is 4.21. The van der Waals surface area contributed by atoms with Crippen LogP contribution < -0.4 is 15.0 Å². The van der Waals surface area contributed by atoms with E-state index in [4.69, 9.17) is 0 Å². The summed E-state index contributed by atoms with van der Waals surface area (Å²) in [5.74, 6) is -0.0188. The maximum atomic E-state index is 13.7. The molecule has 9 nitrogen and oxygen atoms in total. The van der Waals surface area contributed by atoms with Crippen molar-refractivity contribution in [3.05, 3.63) is 95.6 Å². The SMILES string of the molecule is Cc1ccc(C(F)(F)F)c(N2C(=NC(=O)Nc3ccc(/C=C/c4ncn(-c5ccc(OC(F)(F)F)cc5)n4)cc3)SCC2O)c1. The number of carbonyl (C=O) groups excluding carboxylic acids is 1. The molecule has 5 rings (SSSR count). The second kappa shape index (κ2) is 12.6. The van der Waals surface area contributed by atoms with Crippen LogP contribution in [0.15, 0.2) is 78.0 Å². The van der Waals surface area contributed by atoms with Crippen molar-refractivity contribution in [2.45, 2.75) is 25.7 Å². The molecule has 0 bridgehead atoms. The lowest BCUT2D eigenvalue weighted by Crippen LogP contribution is -2.36. The fraction of sp³-hybridized carbons (Fsp3) is 0.172. The van der Waals surface area contributed by atoms with Crippen LogP contribution >= 0.6 is 11.8 Å². The number of aromatic nitrogens is 3. The third kappa shape index (κ3) is 8.02. The summed E-state index contributed by atoms with van der Waals surface area (Å²) < 4.78 is 83.3. The number of carbonyl (C=O) groups is 1. The predicted octanol–water partition coefficient (Wildman–Crippen LogP) is 7.12. The van der Waals surface area contributed by atoms with Gasteiger partial charge in [-0.2, -0.15) is 18.2 Å². The van der Waals surface area contributed by atoms with Gasteiger partial charge in [0.1, 0.15) is 18.3 Å². The van der Waals surface area contributed by atoms with Crippen molar-refractivity contribution in [2.75, 3.05) is 16.0 Å². The maximum Gasteiger partial charge on any atom is 0.573 e. The molecule has 2 amide bonds. The number of nitrogens with one attached hydrogen (secondary N) is 1. The van der Waals surface area contributed by atoms with Crippen LogP contribution in [0.25, 0.3) is 17.8 Å². The Labute approximate surface area is 255 Å². The number of ether oxygens (including phenoxy) is 1. The van der Waals surface area contributed by atoms with Gasteiger partial charge in [0.05, 0.1) is 16.9 Å². The topological polar surface area (TPSA) is 105 Å². The van der Waals surface area contributed by atoms with Crippen LogP contribution in [0.3, 0.4) is 0 Å². The minimum Gasteiger partial charge on any atom is -0.406 e. The first-order valence-corrected chi connectivity index (χ1v) is 14.0. The molecule has 0 aliphatic carbocycles. The van der Waals surface area contributed by atoms with Gasteiger partial charge in [0.15, 0.2) is 11.0 Å². The summed E-state index contributed by atoms with van der Waals surface area (Å²) in [5, 5.41) is 17.2. The monoisotopic (exact) mass is 648 g/mol. The van der Waals surface area contributed by atoms with Crippen molar-refractivity contribution in [2.24, 2.45) is 4.99 Å². The molecule has 1 saturated heterocycles. The Bertz CT molecular complexity index is 1740. The van der Waals surface area contributed by atoms with Crippen LogP contribution in [0, 0.1) is 6.92 Å². The number of hydrogen-bond acceptors (Lipinski definition) is 6. The number of urea groups is 1. The van der Waals surface area contributed by atoms with Crippen LogP contribution in [0.1, 0.15) is 22.5 Å². The van der Waals surface area contributed by atoms with Gasteiger partial charge in [-0.3, -0.25) is 4.90 Å². The number of aliphatic hydroxyl groups excluding tert-OH is 1. The number of benzene rings is 3. The van der Waals surface area contributed by atoms with Gasteiger partial charge in [0.2, 0.25) is 0 Å². The lowest BCUT2D eigenvalue weighted by atomic mass is 10.1. The first kappa shape index (κ1) is 31.6. The van der Waals surface area contributed by atoms with Crippen molar-refractivity contribution in [3.63, 3.8) is 0 Å². The molecule has 0 saturated carbocycles. The standard InChI is InChI=1S/C29H22F6N6O3S/c1-17-2-12-22(28(30,31)32)23(14-17)41-25(42)15-45-27(41)38-26(43)37-19-6-3-18(4-7-19)5-13-24-36-16-40(39-24)20-8-10-21(11-9-20)44-29(33,34)35/h2-14,16,25,42H,15H2,1H3,(H,37,43)/b13-5+,38-27?. The molecule has 2 heterocycles. The number of nitrogens with zero attached hydrogens (tertiary/aromatic N) is 5. The minimum atomic E-state index is -4.79. The highest BCUT2D eigenvalue weighted by atomic mass is 32.2. The first-order valence-electron chi connectivity index (χ1n) is 13.0. The molecule has 3 aromatic carbocycles. The molecular formula is C29H22F6N6O3S. The average Bonchev–Trinajstić information content (AvgIpc) is 3.58. The summed E-state index contributed by atoms with van der Waals surface area (Å²) in [6.45, 7) is 1.62. The largest absolute Gasteiger partial charge is 0.573 e. The van der Waals surface area contributed by atoms with Crippen molar-refractivity contribution in [1.29, 1.82) is 0 Å². The zero-order valence-electron chi connectivity index (χ0n) is 23.0. The van der Waals surface area contributed by atoms with Gasteiger partial charge in [-0.25, -0.2) is 14.5 Å². The lowest BCUT2D eigenvalue weighted by molar-refractivity contribution is -0.274. The Hall–Kier alpha value is -4.83. The molecule has 2 N–H and O–H groups in total. The van der Waals surface area contributed by atoms with Crippen LogP contribution in [0.5, 0.6) is 5.75 Å².